The highest BCUT2D eigenvalue weighted by Crippen LogP contribution is 2.21. The Bertz CT molecular complexity index is 398. The third-order valence-electron chi connectivity index (χ3n) is 2.17. The van der Waals surface area contributed by atoms with Gasteiger partial charge in [-0.3, -0.25) is 4.79 Å². The van der Waals surface area contributed by atoms with Crippen molar-refractivity contribution in [2.24, 2.45) is 5.41 Å². The lowest BCUT2D eigenvalue weighted by atomic mass is 9.93. The second-order valence-electron chi connectivity index (χ2n) is 3.98. The number of amides is 1. The molecule has 0 aromatic heterocycles. The molecule has 0 saturated carbocycles. The molecule has 0 radical (unpaired) electrons. The van der Waals surface area contributed by atoms with E-state index in [1.807, 2.05) is 24.0 Å². The molecule has 1 rings (SSSR count). The maximum Gasteiger partial charge on any atom is 0.233 e. The Labute approximate surface area is 114 Å². The van der Waals surface area contributed by atoms with E-state index in [2.05, 4.69) is 27.9 Å². The van der Waals surface area contributed by atoms with E-state index in [0.29, 0.717) is 5.02 Å². The molecular weight excluding hydrogens is 336 g/mol. The van der Waals surface area contributed by atoms with Crippen molar-refractivity contribution < 1.29 is 4.79 Å². The molecule has 86 valence electrons. The summed E-state index contributed by atoms with van der Waals surface area (Å²) in [7, 11) is 0. The molecule has 0 fully saturated rings. The van der Waals surface area contributed by atoms with E-state index in [0.717, 1.165) is 5.69 Å². The van der Waals surface area contributed by atoms with E-state index in [9.17, 15) is 4.79 Å². The molecule has 0 bridgehead atoms. The van der Waals surface area contributed by atoms with Crippen LogP contribution in [0.15, 0.2) is 34.4 Å². The zero-order valence-corrected chi connectivity index (χ0v) is 12.0. The van der Waals surface area contributed by atoms with Crippen LogP contribution in [-0.4, -0.2) is 5.91 Å². The van der Waals surface area contributed by atoms with Crippen molar-refractivity contribution in [2.45, 2.75) is 13.8 Å². The van der Waals surface area contributed by atoms with Gasteiger partial charge in [0.25, 0.3) is 0 Å². The number of anilines is 1. The fourth-order valence-electron chi connectivity index (χ4n) is 1.06. The highest BCUT2D eigenvalue weighted by molar-refractivity contribution is 14.1. The Kier molecular flexibility index (Phi) is 4.80. The highest BCUT2D eigenvalue weighted by Gasteiger charge is 2.24. The van der Waals surface area contributed by atoms with Gasteiger partial charge in [-0.1, -0.05) is 40.3 Å². The first-order chi connectivity index (χ1) is 7.45. The number of halogens is 2. The van der Waals surface area contributed by atoms with E-state index in [1.165, 1.54) is 0 Å². The second kappa shape index (κ2) is 5.68. The summed E-state index contributed by atoms with van der Waals surface area (Å²) in [6.07, 6.45) is 1.86. The van der Waals surface area contributed by atoms with Gasteiger partial charge in [0.05, 0.1) is 5.41 Å². The van der Waals surface area contributed by atoms with E-state index in [4.69, 9.17) is 11.6 Å². The van der Waals surface area contributed by atoms with Crippen LogP contribution in [0.25, 0.3) is 0 Å². The van der Waals surface area contributed by atoms with E-state index in [1.54, 1.807) is 24.3 Å². The third kappa shape index (κ3) is 3.79. The van der Waals surface area contributed by atoms with Gasteiger partial charge in [-0.15, -0.1) is 0 Å². The minimum absolute atomic E-state index is 0.0391. The van der Waals surface area contributed by atoms with Crippen LogP contribution in [0.4, 0.5) is 5.69 Å². The smallest absolute Gasteiger partial charge is 0.233 e. The van der Waals surface area contributed by atoms with Gasteiger partial charge in [-0.25, -0.2) is 0 Å². The Morgan fingerprint density at radius 1 is 1.38 bits per heavy atom. The molecule has 0 unspecified atom stereocenters. The van der Waals surface area contributed by atoms with Crippen molar-refractivity contribution in [3.63, 3.8) is 0 Å². The van der Waals surface area contributed by atoms with Crippen molar-refractivity contribution in [3.05, 3.63) is 39.4 Å². The first kappa shape index (κ1) is 13.5. The summed E-state index contributed by atoms with van der Waals surface area (Å²) >= 11 is 7.87. The first-order valence-electron chi connectivity index (χ1n) is 4.80. The molecule has 1 aromatic carbocycles. The average Bonchev–Trinajstić information content (AvgIpc) is 2.21. The van der Waals surface area contributed by atoms with Gasteiger partial charge in [-0.2, -0.15) is 0 Å². The highest BCUT2D eigenvalue weighted by atomic mass is 127. The first-order valence-corrected chi connectivity index (χ1v) is 6.43. The van der Waals surface area contributed by atoms with Crippen molar-refractivity contribution >= 4 is 45.8 Å². The molecule has 1 N–H and O–H groups in total. The van der Waals surface area contributed by atoms with Crippen LogP contribution < -0.4 is 5.32 Å². The molecule has 1 aromatic rings. The molecule has 0 heterocycles. The van der Waals surface area contributed by atoms with E-state index < -0.39 is 5.41 Å². The Morgan fingerprint density at radius 2 is 1.94 bits per heavy atom. The molecule has 0 aliphatic carbocycles. The molecule has 1 amide bonds. The summed E-state index contributed by atoms with van der Waals surface area (Å²) in [4.78, 5) is 11.9. The fourth-order valence-corrected chi connectivity index (χ4v) is 2.08. The summed E-state index contributed by atoms with van der Waals surface area (Å²) in [5.41, 5.74) is 0.241. The van der Waals surface area contributed by atoms with Gasteiger partial charge in [0.2, 0.25) is 5.91 Å². The maximum atomic E-state index is 11.9. The monoisotopic (exact) mass is 349 g/mol. The average molecular weight is 350 g/mol. The molecule has 0 saturated heterocycles. The number of rotatable bonds is 3. The van der Waals surface area contributed by atoms with Crippen molar-refractivity contribution in [1.29, 1.82) is 0 Å². The predicted octanol–water partition coefficient (Wildman–Crippen LogP) is 4.25. The molecule has 0 aliphatic rings. The molecule has 2 nitrogen and oxygen atoms in total. The van der Waals surface area contributed by atoms with Gasteiger partial charge >= 0.3 is 0 Å². The molecule has 0 spiro atoms. The van der Waals surface area contributed by atoms with Crippen LogP contribution in [0.2, 0.25) is 5.02 Å². The van der Waals surface area contributed by atoms with Gasteiger partial charge < -0.3 is 5.32 Å². The lowest BCUT2D eigenvalue weighted by molar-refractivity contribution is -0.121. The lowest BCUT2D eigenvalue weighted by Gasteiger charge is -2.19. The van der Waals surface area contributed by atoms with Crippen LogP contribution in [0.5, 0.6) is 0 Å². The van der Waals surface area contributed by atoms with Crippen LogP contribution in [0.1, 0.15) is 13.8 Å². The number of carbonyl (C=O) groups excluding carboxylic acids is 1. The Balaban J connectivity index is 2.75. The predicted molar refractivity (Wildman–Crippen MR) is 77.0 cm³/mol. The topological polar surface area (TPSA) is 29.1 Å². The molecular formula is C12H13ClINO. The zero-order chi connectivity index (χ0) is 12.2. The third-order valence-corrected chi connectivity index (χ3v) is 2.78. The summed E-state index contributed by atoms with van der Waals surface area (Å²) < 4.78 is 1.85. The minimum Gasteiger partial charge on any atom is -0.325 e. The summed E-state index contributed by atoms with van der Waals surface area (Å²) in [5.74, 6) is -0.0391. The second-order valence-corrected chi connectivity index (χ2v) is 5.13. The Hall–Kier alpha value is -0.550. The zero-order valence-electron chi connectivity index (χ0n) is 9.13. The van der Waals surface area contributed by atoms with Gasteiger partial charge in [0.15, 0.2) is 0 Å². The van der Waals surface area contributed by atoms with Crippen molar-refractivity contribution in [1.82, 2.24) is 0 Å². The minimum atomic E-state index is -0.513. The van der Waals surface area contributed by atoms with Gasteiger partial charge in [0.1, 0.15) is 0 Å². The molecule has 4 heteroatoms. The standard InChI is InChI=1S/C12H13ClINO/c1-12(2,7-8-14)11(16)15-10-5-3-9(13)4-6-10/h3-8H,1-2H3,(H,15,16). The number of hydrogen-bond acceptors (Lipinski definition) is 1. The van der Waals surface area contributed by atoms with Crippen molar-refractivity contribution in [3.8, 4) is 0 Å². The number of carbonyl (C=O) groups is 1. The summed E-state index contributed by atoms with van der Waals surface area (Å²) in [5, 5.41) is 3.50. The summed E-state index contributed by atoms with van der Waals surface area (Å²) in [6, 6.07) is 7.06. The largest absolute Gasteiger partial charge is 0.325 e. The quantitative estimate of drug-likeness (QED) is 0.812. The van der Waals surface area contributed by atoms with Crippen LogP contribution >= 0.6 is 34.2 Å². The SMILES string of the molecule is CC(C)(C=CI)C(=O)Nc1ccc(Cl)cc1. The molecule has 0 aliphatic heterocycles. The molecule has 0 atom stereocenters. The molecule has 16 heavy (non-hydrogen) atoms. The normalized spacial score (nSPS) is 11.8. The van der Waals surface area contributed by atoms with Crippen LogP contribution in [0, 0.1) is 5.41 Å². The Morgan fingerprint density at radius 3 is 2.44 bits per heavy atom. The lowest BCUT2D eigenvalue weighted by Crippen LogP contribution is -2.28. The number of hydrogen-bond donors (Lipinski definition) is 1. The summed E-state index contributed by atoms with van der Waals surface area (Å²) in [6.45, 7) is 3.74. The van der Waals surface area contributed by atoms with Gasteiger partial charge in [-0.05, 0) is 42.2 Å². The van der Waals surface area contributed by atoms with E-state index in [-0.39, 0.29) is 5.91 Å². The maximum absolute atomic E-state index is 11.9. The van der Waals surface area contributed by atoms with Crippen LogP contribution in [0.3, 0.4) is 0 Å². The van der Waals surface area contributed by atoms with Crippen LogP contribution in [-0.2, 0) is 4.79 Å². The number of nitrogens with one attached hydrogen (secondary N) is 1. The van der Waals surface area contributed by atoms with Crippen molar-refractivity contribution in [2.75, 3.05) is 5.32 Å². The number of benzene rings is 1. The fraction of sp³-hybridized carbons (Fsp3) is 0.250. The van der Waals surface area contributed by atoms with Gasteiger partial charge in [0, 0.05) is 10.7 Å². The van der Waals surface area contributed by atoms with E-state index >= 15 is 0 Å².